The Kier molecular flexibility index (Phi) is 6.35. The van der Waals surface area contributed by atoms with Crippen molar-refractivity contribution in [3.63, 3.8) is 0 Å². The molecule has 2 aliphatic rings. The van der Waals surface area contributed by atoms with Crippen molar-refractivity contribution in [2.24, 2.45) is 5.92 Å². The van der Waals surface area contributed by atoms with Crippen molar-refractivity contribution in [2.75, 3.05) is 52.5 Å². The molecule has 0 spiro atoms. The van der Waals surface area contributed by atoms with Gasteiger partial charge in [-0.1, -0.05) is 23.7 Å². The lowest BCUT2D eigenvalue weighted by Crippen LogP contribution is -2.51. The maximum absolute atomic E-state index is 12.5. The summed E-state index contributed by atoms with van der Waals surface area (Å²) in [7, 11) is 0. The van der Waals surface area contributed by atoms with E-state index in [9.17, 15) is 4.79 Å². The van der Waals surface area contributed by atoms with Gasteiger partial charge in [-0.05, 0) is 25.0 Å². The van der Waals surface area contributed by atoms with Gasteiger partial charge in [0.25, 0.3) is 0 Å². The summed E-state index contributed by atoms with van der Waals surface area (Å²) in [5, 5.41) is 0.643. The third kappa shape index (κ3) is 4.62. The van der Waals surface area contributed by atoms with Crippen molar-refractivity contribution < 1.29 is 14.3 Å². The first kappa shape index (κ1) is 17.5. The fraction of sp³-hybridized carbons (Fsp3) is 0.611. The molecule has 0 saturated carbocycles. The van der Waals surface area contributed by atoms with Gasteiger partial charge in [-0.25, -0.2) is 0 Å². The van der Waals surface area contributed by atoms with Gasteiger partial charge in [-0.15, -0.1) is 0 Å². The van der Waals surface area contributed by atoms with Crippen LogP contribution in [0.1, 0.15) is 12.8 Å². The topological polar surface area (TPSA) is 42.0 Å². The zero-order chi connectivity index (χ0) is 16.8. The first-order valence-electron chi connectivity index (χ1n) is 8.70. The predicted molar refractivity (Wildman–Crippen MR) is 93.5 cm³/mol. The first-order valence-corrected chi connectivity index (χ1v) is 9.08. The number of halogens is 1. The summed E-state index contributed by atoms with van der Waals surface area (Å²) in [6, 6.07) is 7.52. The number of para-hydroxylation sites is 1. The number of nitrogens with zero attached hydrogens (tertiary/aromatic N) is 2. The molecule has 0 aliphatic carbocycles. The van der Waals surface area contributed by atoms with Gasteiger partial charge >= 0.3 is 0 Å². The summed E-state index contributed by atoms with van der Waals surface area (Å²) in [5.41, 5.74) is 0. The number of hydrogen-bond acceptors (Lipinski definition) is 4. The van der Waals surface area contributed by atoms with E-state index in [0.29, 0.717) is 17.5 Å². The van der Waals surface area contributed by atoms with E-state index in [1.165, 1.54) is 0 Å². The second-order valence-corrected chi connectivity index (χ2v) is 6.74. The van der Waals surface area contributed by atoms with Gasteiger partial charge in [0.2, 0.25) is 5.91 Å². The molecular formula is C18H25ClN2O3. The molecule has 0 atom stereocenters. The molecule has 0 aromatic heterocycles. The van der Waals surface area contributed by atoms with Crippen LogP contribution in [-0.4, -0.2) is 68.3 Å². The van der Waals surface area contributed by atoms with Gasteiger partial charge in [0.1, 0.15) is 12.4 Å². The van der Waals surface area contributed by atoms with Crippen LogP contribution < -0.4 is 4.74 Å². The highest BCUT2D eigenvalue weighted by atomic mass is 35.5. The number of hydrogen-bond donors (Lipinski definition) is 0. The number of amides is 1. The molecule has 132 valence electrons. The molecule has 2 aliphatic heterocycles. The zero-order valence-corrected chi connectivity index (χ0v) is 14.7. The highest BCUT2D eigenvalue weighted by Crippen LogP contribution is 2.23. The average Bonchev–Trinajstić information content (AvgIpc) is 2.64. The summed E-state index contributed by atoms with van der Waals surface area (Å²) >= 11 is 6.08. The number of rotatable bonds is 5. The van der Waals surface area contributed by atoms with E-state index in [4.69, 9.17) is 21.1 Å². The minimum Gasteiger partial charge on any atom is -0.491 e. The summed E-state index contributed by atoms with van der Waals surface area (Å²) in [5.74, 6) is 1.20. The molecule has 24 heavy (non-hydrogen) atoms. The van der Waals surface area contributed by atoms with Crippen LogP contribution in [0.15, 0.2) is 24.3 Å². The number of ether oxygens (including phenoxy) is 2. The minimum atomic E-state index is 0.161. The highest BCUT2D eigenvalue weighted by Gasteiger charge is 2.28. The molecule has 2 heterocycles. The molecule has 0 bridgehead atoms. The van der Waals surface area contributed by atoms with E-state index in [-0.39, 0.29) is 5.92 Å². The van der Waals surface area contributed by atoms with Gasteiger partial charge < -0.3 is 14.4 Å². The van der Waals surface area contributed by atoms with Crippen LogP contribution in [0.5, 0.6) is 5.75 Å². The van der Waals surface area contributed by atoms with Crippen LogP contribution in [0.2, 0.25) is 5.02 Å². The highest BCUT2D eigenvalue weighted by molar-refractivity contribution is 6.32. The van der Waals surface area contributed by atoms with E-state index in [1.807, 2.05) is 29.2 Å². The van der Waals surface area contributed by atoms with E-state index >= 15 is 0 Å². The van der Waals surface area contributed by atoms with Crippen molar-refractivity contribution in [1.29, 1.82) is 0 Å². The van der Waals surface area contributed by atoms with E-state index in [1.54, 1.807) is 0 Å². The molecular weight excluding hydrogens is 328 g/mol. The molecule has 3 rings (SSSR count). The first-order chi connectivity index (χ1) is 11.7. The molecule has 0 N–H and O–H groups in total. The van der Waals surface area contributed by atoms with Gasteiger partial charge in [0.15, 0.2) is 0 Å². The monoisotopic (exact) mass is 352 g/mol. The van der Waals surface area contributed by atoms with Crippen molar-refractivity contribution >= 4 is 17.5 Å². The van der Waals surface area contributed by atoms with Crippen LogP contribution in [0.25, 0.3) is 0 Å². The second-order valence-electron chi connectivity index (χ2n) is 6.33. The normalized spacial score (nSPS) is 20.1. The van der Waals surface area contributed by atoms with Gasteiger partial charge in [-0.2, -0.15) is 0 Å². The van der Waals surface area contributed by atoms with Crippen LogP contribution in [0, 0.1) is 5.92 Å². The van der Waals surface area contributed by atoms with Crippen LogP contribution in [0.3, 0.4) is 0 Å². The molecule has 6 heteroatoms. The lowest BCUT2D eigenvalue weighted by atomic mass is 9.98. The molecule has 2 saturated heterocycles. The Morgan fingerprint density at radius 1 is 1.17 bits per heavy atom. The van der Waals surface area contributed by atoms with E-state index in [2.05, 4.69) is 4.90 Å². The maximum atomic E-state index is 12.5. The number of carbonyl (C=O) groups excluding carboxylic acids is 1. The molecule has 0 radical (unpaired) electrons. The van der Waals surface area contributed by atoms with Crippen molar-refractivity contribution in [2.45, 2.75) is 12.8 Å². The molecule has 1 amide bonds. The van der Waals surface area contributed by atoms with E-state index in [0.717, 1.165) is 64.5 Å². The molecule has 0 unspecified atom stereocenters. The Hall–Kier alpha value is -1.30. The lowest BCUT2D eigenvalue weighted by Gasteiger charge is -2.37. The molecule has 2 fully saturated rings. The summed E-state index contributed by atoms with van der Waals surface area (Å²) in [6.07, 6.45) is 1.73. The Bertz CT molecular complexity index is 541. The lowest BCUT2D eigenvalue weighted by molar-refractivity contribution is -0.140. The zero-order valence-electron chi connectivity index (χ0n) is 14.0. The Balaban J connectivity index is 1.37. The van der Waals surface area contributed by atoms with Crippen molar-refractivity contribution in [3.05, 3.63) is 29.3 Å². The average molecular weight is 353 g/mol. The molecule has 1 aromatic rings. The fourth-order valence-electron chi connectivity index (χ4n) is 3.24. The van der Waals surface area contributed by atoms with Gasteiger partial charge in [0.05, 0.1) is 5.02 Å². The Morgan fingerprint density at radius 3 is 2.58 bits per heavy atom. The standard InChI is InChI=1S/C18H25ClN2O3/c19-16-3-1-2-4-17(16)24-14-11-20-7-9-21(10-8-20)18(22)15-5-12-23-13-6-15/h1-4,15H,5-14H2. The Morgan fingerprint density at radius 2 is 1.88 bits per heavy atom. The number of benzene rings is 1. The SMILES string of the molecule is O=C(C1CCOCC1)N1CCN(CCOc2ccccc2Cl)CC1. The van der Waals surface area contributed by atoms with Crippen LogP contribution in [-0.2, 0) is 9.53 Å². The van der Waals surface area contributed by atoms with Gasteiger partial charge in [-0.3, -0.25) is 9.69 Å². The van der Waals surface area contributed by atoms with Crippen LogP contribution in [0.4, 0.5) is 0 Å². The third-order valence-corrected chi connectivity index (χ3v) is 5.07. The smallest absolute Gasteiger partial charge is 0.225 e. The number of carbonyl (C=O) groups is 1. The minimum absolute atomic E-state index is 0.161. The van der Waals surface area contributed by atoms with Crippen molar-refractivity contribution in [3.8, 4) is 5.75 Å². The third-order valence-electron chi connectivity index (χ3n) is 4.76. The quantitative estimate of drug-likeness (QED) is 0.815. The van der Waals surface area contributed by atoms with Crippen LogP contribution >= 0.6 is 11.6 Å². The van der Waals surface area contributed by atoms with E-state index < -0.39 is 0 Å². The maximum Gasteiger partial charge on any atom is 0.225 e. The summed E-state index contributed by atoms with van der Waals surface area (Å²) < 4.78 is 11.1. The Labute approximate surface area is 148 Å². The largest absolute Gasteiger partial charge is 0.491 e. The second kappa shape index (κ2) is 8.70. The molecule has 5 nitrogen and oxygen atoms in total. The molecule has 1 aromatic carbocycles. The summed E-state index contributed by atoms with van der Waals surface area (Å²) in [6.45, 7) is 6.32. The predicted octanol–water partition coefficient (Wildman–Crippen LogP) is 2.29. The van der Waals surface area contributed by atoms with Crippen molar-refractivity contribution in [1.82, 2.24) is 9.80 Å². The fourth-order valence-corrected chi connectivity index (χ4v) is 3.43. The summed E-state index contributed by atoms with van der Waals surface area (Å²) in [4.78, 5) is 16.9. The van der Waals surface area contributed by atoms with Gasteiger partial charge in [0, 0.05) is 51.9 Å². The number of piperazine rings is 1.